The molecule has 0 spiro atoms. The van der Waals surface area contributed by atoms with Crippen molar-refractivity contribution < 1.29 is 9.90 Å². The van der Waals surface area contributed by atoms with Crippen molar-refractivity contribution in [3.8, 4) is 0 Å². The topological polar surface area (TPSA) is 92.9 Å². The third-order valence-electron chi connectivity index (χ3n) is 2.59. The van der Waals surface area contributed by atoms with Crippen molar-refractivity contribution in [2.45, 2.75) is 13.2 Å². The SMILES string of the molecule is O=C(Cn1cc(CO)nn1)Nc1nc2ccccc2s1. The number of carbonyl (C=O) groups is 1. The Balaban J connectivity index is 1.69. The average Bonchev–Trinajstić information content (AvgIpc) is 3.04. The lowest BCUT2D eigenvalue weighted by Gasteiger charge is -2.00. The molecule has 3 aromatic rings. The normalized spacial score (nSPS) is 10.8. The lowest BCUT2D eigenvalue weighted by atomic mass is 10.3. The van der Waals surface area contributed by atoms with E-state index in [-0.39, 0.29) is 19.1 Å². The van der Waals surface area contributed by atoms with E-state index in [2.05, 4.69) is 20.6 Å². The number of benzene rings is 1. The van der Waals surface area contributed by atoms with Gasteiger partial charge in [0, 0.05) is 0 Å². The molecule has 0 saturated heterocycles. The molecule has 0 aliphatic heterocycles. The third-order valence-corrected chi connectivity index (χ3v) is 3.55. The van der Waals surface area contributed by atoms with Crippen LogP contribution in [0.1, 0.15) is 5.69 Å². The van der Waals surface area contributed by atoms with Crippen LogP contribution in [0.5, 0.6) is 0 Å². The number of hydrogen-bond donors (Lipinski definition) is 2. The number of nitrogens with one attached hydrogen (secondary N) is 1. The number of rotatable bonds is 4. The molecule has 7 nitrogen and oxygen atoms in total. The molecule has 20 heavy (non-hydrogen) atoms. The van der Waals surface area contributed by atoms with E-state index in [0.29, 0.717) is 10.8 Å². The van der Waals surface area contributed by atoms with Gasteiger partial charge in [-0.1, -0.05) is 28.7 Å². The molecule has 8 heteroatoms. The Bertz CT molecular complexity index is 718. The van der Waals surface area contributed by atoms with Crippen molar-refractivity contribution in [3.05, 3.63) is 36.2 Å². The fourth-order valence-electron chi connectivity index (χ4n) is 1.72. The highest BCUT2D eigenvalue weighted by Crippen LogP contribution is 2.25. The molecule has 2 N–H and O–H groups in total. The Morgan fingerprint density at radius 3 is 3.00 bits per heavy atom. The number of hydrogen-bond acceptors (Lipinski definition) is 6. The fraction of sp³-hybridized carbons (Fsp3) is 0.167. The lowest BCUT2D eigenvalue weighted by molar-refractivity contribution is -0.116. The summed E-state index contributed by atoms with van der Waals surface area (Å²) in [6, 6.07) is 7.68. The van der Waals surface area contributed by atoms with E-state index in [1.165, 1.54) is 22.2 Å². The molecule has 0 bridgehead atoms. The largest absolute Gasteiger partial charge is 0.390 e. The van der Waals surface area contributed by atoms with E-state index < -0.39 is 0 Å². The van der Waals surface area contributed by atoms with Crippen molar-refractivity contribution in [1.82, 2.24) is 20.0 Å². The molecule has 0 aliphatic carbocycles. The Morgan fingerprint density at radius 2 is 2.25 bits per heavy atom. The first-order valence-corrected chi connectivity index (χ1v) is 6.71. The summed E-state index contributed by atoms with van der Waals surface area (Å²) in [7, 11) is 0. The van der Waals surface area contributed by atoms with Crippen LogP contribution in [0.15, 0.2) is 30.5 Å². The zero-order valence-electron chi connectivity index (χ0n) is 10.4. The molecule has 0 saturated carbocycles. The van der Waals surface area contributed by atoms with Gasteiger partial charge in [-0.05, 0) is 12.1 Å². The van der Waals surface area contributed by atoms with Gasteiger partial charge in [-0.2, -0.15) is 0 Å². The van der Waals surface area contributed by atoms with E-state index >= 15 is 0 Å². The molecular weight excluding hydrogens is 278 g/mol. The third kappa shape index (κ3) is 2.65. The number of thiazole rings is 1. The molecule has 102 valence electrons. The molecule has 2 heterocycles. The quantitative estimate of drug-likeness (QED) is 0.748. The second kappa shape index (κ2) is 5.35. The van der Waals surface area contributed by atoms with Crippen LogP contribution in [0.25, 0.3) is 10.2 Å². The summed E-state index contributed by atoms with van der Waals surface area (Å²) in [5.74, 6) is -0.238. The lowest BCUT2D eigenvalue weighted by Crippen LogP contribution is -2.19. The fourth-order valence-corrected chi connectivity index (χ4v) is 2.60. The standard InChI is InChI=1S/C12H11N5O2S/c18-7-8-5-17(16-15-8)6-11(19)14-12-13-9-3-1-2-4-10(9)20-12/h1-5,18H,6-7H2,(H,13,14,19). The first-order valence-electron chi connectivity index (χ1n) is 5.90. The van der Waals surface area contributed by atoms with Gasteiger partial charge in [-0.3, -0.25) is 4.79 Å². The Labute approximate surface area is 117 Å². The highest BCUT2D eigenvalue weighted by molar-refractivity contribution is 7.22. The Hall–Kier alpha value is -2.32. The Kier molecular flexibility index (Phi) is 3.40. The highest BCUT2D eigenvalue weighted by Gasteiger charge is 2.09. The maximum Gasteiger partial charge on any atom is 0.247 e. The summed E-state index contributed by atoms with van der Waals surface area (Å²) in [6.07, 6.45) is 1.53. The summed E-state index contributed by atoms with van der Waals surface area (Å²) < 4.78 is 2.39. The smallest absolute Gasteiger partial charge is 0.247 e. The maximum absolute atomic E-state index is 11.9. The molecular formula is C12H11N5O2S. The minimum atomic E-state index is -0.238. The molecule has 2 aromatic heterocycles. The van der Waals surface area contributed by atoms with Crippen LogP contribution >= 0.6 is 11.3 Å². The summed E-state index contributed by atoms with van der Waals surface area (Å²) >= 11 is 1.42. The van der Waals surface area contributed by atoms with E-state index in [1.54, 1.807) is 0 Å². The van der Waals surface area contributed by atoms with Crippen molar-refractivity contribution in [2.75, 3.05) is 5.32 Å². The van der Waals surface area contributed by atoms with Crippen LogP contribution in [0, 0.1) is 0 Å². The molecule has 0 atom stereocenters. The minimum absolute atomic E-state index is 0.0307. The van der Waals surface area contributed by atoms with E-state index in [9.17, 15) is 4.79 Å². The number of aliphatic hydroxyl groups is 1. The zero-order valence-corrected chi connectivity index (χ0v) is 11.2. The van der Waals surface area contributed by atoms with E-state index in [1.807, 2.05) is 24.3 Å². The summed E-state index contributed by atoms with van der Waals surface area (Å²) in [5.41, 5.74) is 1.29. The monoisotopic (exact) mass is 289 g/mol. The van der Waals surface area contributed by atoms with Gasteiger partial charge >= 0.3 is 0 Å². The summed E-state index contributed by atoms with van der Waals surface area (Å²) in [6.45, 7) is -0.164. The van der Waals surface area contributed by atoms with Crippen molar-refractivity contribution in [1.29, 1.82) is 0 Å². The summed E-state index contributed by atoms with van der Waals surface area (Å²) in [5, 5.41) is 19.6. The van der Waals surface area contributed by atoms with Gasteiger partial charge in [0.1, 0.15) is 12.2 Å². The van der Waals surface area contributed by atoms with Gasteiger partial charge in [0.25, 0.3) is 0 Å². The molecule has 0 unspecified atom stereocenters. The number of para-hydroxylation sites is 1. The van der Waals surface area contributed by atoms with Gasteiger partial charge in [0.05, 0.1) is 23.0 Å². The molecule has 1 amide bonds. The number of aliphatic hydroxyl groups excluding tert-OH is 1. The van der Waals surface area contributed by atoms with Gasteiger partial charge < -0.3 is 10.4 Å². The maximum atomic E-state index is 11.9. The molecule has 3 rings (SSSR count). The first-order chi connectivity index (χ1) is 9.74. The van der Waals surface area contributed by atoms with Gasteiger partial charge in [0.2, 0.25) is 5.91 Å². The Morgan fingerprint density at radius 1 is 1.40 bits per heavy atom. The van der Waals surface area contributed by atoms with Crippen LogP contribution in [0.4, 0.5) is 5.13 Å². The van der Waals surface area contributed by atoms with Crippen molar-refractivity contribution >= 4 is 32.6 Å². The number of anilines is 1. The number of amides is 1. The van der Waals surface area contributed by atoms with Crippen molar-refractivity contribution in [2.24, 2.45) is 0 Å². The highest BCUT2D eigenvalue weighted by atomic mass is 32.1. The van der Waals surface area contributed by atoms with E-state index in [4.69, 9.17) is 5.11 Å². The molecule has 1 aromatic carbocycles. The van der Waals surface area contributed by atoms with Crippen LogP contribution in [-0.4, -0.2) is 31.0 Å². The molecule has 0 radical (unpaired) electrons. The second-order valence-electron chi connectivity index (χ2n) is 4.10. The predicted molar refractivity (Wildman–Crippen MR) is 74.2 cm³/mol. The van der Waals surface area contributed by atoms with Gasteiger partial charge in [0.15, 0.2) is 5.13 Å². The minimum Gasteiger partial charge on any atom is -0.390 e. The van der Waals surface area contributed by atoms with Gasteiger partial charge in [-0.25, -0.2) is 9.67 Å². The molecule has 0 fully saturated rings. The van der Waals surface area contributed by atoms with Crippen LogP contribution in [0.2, 0.25) is 0 Å². The predicted octanol–water partition coefficient (Wildman–Crippen LogP) is 1.02. The van der Waals surface area contributed by atoms with Crippen molar-refractivity contribution in [3.63, 3.8) is 0 Å². The van der Waals surface area contributed by atoms with E-state index in [0.717, 1.165) is 10.2 Å². The average molecular weight is 289 g/mol. The number of fused-ring (bicyclic) bond motifs is 1. The van der Waals surface area contributed by atoms with Crippen LogP contribution < -0.4 is 5.32 Å². The number of aromatic nitrogens is 4. The van der Waals surface area contributed by atoms with Gasteiger partial charge in [-0.15, -0.1) is 5.10 Å². The zero-order chi connectivity index (χ0) is 13.9. The first kappa shape index (κ1) is 12.7. The number of carbonyl (C=O) groups excluding carboxylic acids is 1. The van der Waals surface area contributed by atoms with Crippen LogP contribution in [-0.2, 0) is 17.9 Å². The number of nitrogens with zero attached hydrogens (tertiary/aromatic N) is 4. The summed E-state index contributed by atoms with van der Waals surface area (Å²) in [4.78, 5) is 16.2. The molecule has 0 aliphatic rings. The second-order valence-corrected chi connectivity index (χ2v) is 5.13. The van der Waals surface area contributed by atoms with Crippen LogP contribution in [0.3, 0.4) is 0 Å².